The number of Topliss-reactive ketones (excluding diaryl/α,β-unsaturated/α-hetero) is 2. The van der Waals surface area contributed by atoms with E-state index in [1.54, 1.807) is 0 Å². The van der Waals surface area contributed by atoms with Crippen LogP contribution in [0.3, 0.4) is 0 Å². The Hall–Kier alpha value is -1.80. The molecule has 17 heavy (non-hydrogen) atoms. The minimum absolute atomic E-state index is 0.0434. The molecule has 0 aromatic rings. The zero-order chi connectivity index (χ0) is 12.6. The number of rotatable bonds is 2. The molecule has 0 radical (unpaired) electrons. The zero-order valence-electron chi connectivity index (χ0n) is 9.19. The molecule has 3 unspecified atom stereocenters. The third-order valence-corrected chi connectivity index (χ3v) is 2.70. The summed E-state index contributed by atoms with van der Waals surface area (Å²) in [6, 6.07) is -1.39. The van der Waals surface area contributed by atoms with Crippen LogP contribution in [0.2, 0.25) is 0 Å². The summed E-state index contributed by atoms with van der Waals surface area (Å²) in [7, 11) is 0. The molecule has 0 aliphatic carbocycles. The van der Waals surface area contributed by atoms with Crippen molar-refractivity contribution < 1.29 is 14.4 Å². The second kappa shape index (κ2) is 4.22. The molecule has 0 spiro atoms. The first kappa shape index (κ1) is 11.7. The number of nitrogens with two attached hydrogens (primary N) is 1. The van der Waals surface area contributed by atoms with E-state index in [0.717, 1.165) is 0 Å². The van der Waals surface area contributed by atoms with Gasteiger partial charge in [-0.05, 0) is 0 Å². The molecule has 0 aromatic carbocycles. The number of guanidine groups is 1. The van der Waals surface area contributed by atoms with Crippen LogP contribution in [0.5, 0.6) is 0 Å². The largest absolute Gasteiger partial charge is 0.370 e. The molecule has 0 bridgehead atoms. The number of amides is 1. The van der Waals surface area contributed by atoms with E-state index in [9.17, 15) is 14.4 Å². The lowest BCUT2D eigenvalue weighted by Gasteiger charge is -2.36. The molecule has 2 heterocycles. The monoisotopic (exact) mass is 239 g/mol. The number of carbonyl (C=O) groups is 3. The van der Waals surface area contributed by atoms with E-state index >= 15 is 0 Å². The summed E-state index contributed by atoms with van der Waals surface area (Å²) >= 11 is 0. The standard InChI is InChI=1S/C9H13N5O3/c1-3(15)6(16)4-2-11-7-5(12-4)8(17)14-9(10)13-7/h4-5,7,11-12H,2H2,1H3,(H3,10,13,14,17). The van der Waals surface area contributed by atoms with Gasteiger partial charge in [0.15, 0.2) is 11.7 Å². The molecule has 0 saturated carbocycles. The number of nitrogens with zero attached hydrogens (tertiary/aromatic N) is 1. The van der Waals surface area contributed by atoms with Gasteiger partial charge in [0.2, 0.25) is 11.7 Å². The van der Waals surface area contributed by atoms with Crippen LogP contribution in [-0.4, -0.2) is 48.2 Å². The number of piperazine rings is 1. The Morgan fingerprint density at radius 2 is 2.18 bits per heavy atom. The molecule has 1 amide bonds. The first-order valence-electron chi connectivity index (χ1n) is 5.17. The Bertz CT molecular complexity index is 419. The third kappa shape index (κ3) is 2.17. The van der Waals surface area contributed by atoms with E-state index in [1.807, 2.05) is 0 Å². The highest BCUT2D eigenvalue weighted by Crippen LogP contribution is 2.08. The van der Waals surface area contributed by atoms with E-state index in [4.69, 9.17) is 5.73 Å². The molecule has 2 aliphatic heterocycles. The molecule has 1 saturated heterocycles. The predicted molar refractivity (Wildman–Crippen MR) is 58.0 cm³/mol. The molecule has 8 heteroatoms. The Labute approximate surface area is 97.0 Å². The van der Waals surface area contributed by atoms with E-state index in [1.165, 1.54) is 6.92 Å². The Kier molecular flexibility index (Phi) is 2.90. The van der Waals surface area contributed by atoms with Crippen molar-refractivity contribution in [2.75, 3.05) is 6.54 Å². The lowest BCUT2D eigenvalue weighted by molar-refractivity contribution is -0.137. The van der Waals surface area contributed by atoms with E-state index < -0.39 is 29.8 Å². The van der Waals surface area contributed by atoms with Crippen molar-refractivity contribution in [1.82, 2.24) is 16.0 Å². The molecule has 3 atom stereocenters. The van der Waals surface area contributed by atoms with Crippen LogP contribution < -0.4 is 21.7 Å². The Balaban J connectivity index is 2.12. The van der Waals surface area contributed by atoms with E-state index in [-0.39, 0.29) is 18.4 Å². The second-order valence-corrected chi connectivity index (χ2v) is 3.97. The predicted octanol–water partition coefficient (Wildman–Crippen LogP) is -3.15. The van der Waals surface area contributed by atoms with Crippen LogP contribution in [-0.2, 0) is 14.4 Å². The van der Waals surface area contributed by atoms with Gasteiger partial charge >= 0.3 is 0 Å². The summed E-state index contributed by atoms with van der Waals surface area (Å²) in [5.74, 6) is -1.41. The van der Waals surface area contributed by atoms with Gasteiger partial charge in [0, 0.05) is 13.5 Å². The van der Waals surface area contributed by atoms with Gasteiger partial charge in [0.1, 0.15) is 12.2 Å². The fourth-order valence-corrected chi connectivity index (χ4v) is 1.86. The normalized spacial score (nSPS) is 32.2. The summed E-state index contributed by atoms with van der Waals surface area (Å²) in [6.07, 6.45) is -0.500. The summed E-state index contributed by atoms with van der Waals surface area (Å²) in [6.45, 7) is 1.44. The minimum Gasteiger partial charge on any atom is -0.370 e. The molecule has 1 fully saturated rings. The summed E-state index contributed by atoms with van der Waals surface area (Å²) < 4.78 is 0. The number of fused-ring (bicyclic) bond motifs is 1. The van der Waals surface area contributed by atoms with Gasteiger partial charge in [-0.15, -0.1) is 0 Å². The lowest BCUT2D eigenvalue weighted by atomic mass is 10.0. The second-order valence-electron chi connectivity index (χ2n) is 3.97. The Morgan fingerprint density at radius 1 is 1.47 bits per heavy atom. The average Bonchev–Trinajstić information content (AvgIpc) is 2.27. The Morgan fingerprint density at radius 3 is 2.82 bits per heavy atom. The molecular weight excluding hydrogens is 226 g/mol. The smallest absolute Gasteiger partial charge is 0.247 e. The van der Waals surface area contributed by atoms with E-state index in [2.05, 4.69) is 20.9 Å². The van der Waals surface area contributed by atoms with Crippen LogP contribution in [0, 0.1) is 0 Å². The SMILES string of the molecule is CC(=O)C(=O)C1CNC2N=C(N)NC(=O)C2N1. The molecule has 2 rings (SSSR count). The van der Waals surface area contributed by atoms with Crippen LogP contribution in [0.1, 0.15) is 6.92 Å². The maximum Gasteiger partial charge on any atom is 0.247 e. The maximum absolute atomic E-state index is 11.6. The molecule has 5 N–H and O–H groups in total. The first-order chi connectivity index (χ1) is 7.99. The van der Waals surface area contributed by atoms with Gasteiger partial charge < -0.3 is 5.73 Å². The molecule has 0 aromatic heterocycles. The number of nitrogens with one attached hydrogen (secondary N) is 3. The summed E-state index contributed by atoms with van der Waals surface area (Å²) in [4.78, 5) is 38.1. The molecular formula is C9H13N5O3. The third-order valence-electron chi connectivity index (χ3n) is 2.70. The summed E-state index contributed by atoms with van der Waals surface area (Å²) in [5.41, 5.74) is 5.40. The van der Waals surface area contributed by atoms with Gasteiger partial charge in [0.25, 0.3) is 0 Å². The van der Waals surface area contributed by atoms with Crippen molar-refractivity contribution in [2.45, 2.75) is 25.2 Å². The van der Waals surface area contributed by atoms with Gasteiger partial charge in [-0.25, -0.2) is 4.99 Å². The minimum atomic E-state index is -0.700. The van der Waals surface area contributed by atoms with Crippen molar-refractivity contribution in [3.05, 3.63) is 0 Å². The highest BCUT2D eigenvalue weighted by atomic mass is 16.2. The highest BCUT2D eigenvalue weighted by Gasteiger charge is 2.40. The maximum atomic E-state index is 11.6. The summed E-state index contributed by atoms with van der Waals surface area (Å²) in [5, 5.41) is 8.06. The number of hydrogen-bond acceptors (Lipinski definition) is 7. The van der Waals surface area contributed by atoms with Gasteiger partial charge in [-0.2, -0.15) is 0 Å². The van der Waals surface area contributed by atoms with Crippen LogP contribution >= 0.6 is 0 Å². The van der Waals surface area contributed by atoms with Crippen LogP contribution in [0.25, 0.3) is 0 Å². The lowest BCUT2D eigenvalue weighted by Crippen LogP contribution is -2.70. The average molecular weight is 239 g/mol. The van der Waals surface area contributed by atoms with Crippen LogP contribution in [0.15, 0.2) is 4.99 Å². The van der Waals surface area contributed by atoms with Crippen molar-refractivity contribution in [3.63, 3.8) is 0 Å². The topological polar surface area (TPSA) is 126 Å². The quantitative estimate of drug-likeness (QED) is 0.377. The van der Waals surface area contributed by atoms with Crippen molar-refractivity contribution >= 4 is 23.4 Å². The zero-order valence-corrected chi connectivity index (χ0v) is 9.19. The van der Waals surface area contributed by atoms with Crippen molar-refractivity contribution in [3.8, 4) is 0 Å². The number of ketones is 2. The molecule has 8 nitrogen and oxygen atoms in total. The molecule has 92 valence electrons. The highest BCUT2D eigenvalue weighted by molar-refractivity contribution is 6.38. The van der Waals surface area contributed by atoms with Gasteiger partial charge in [-0.1, -0.05) is 0 Å². The number of aliphatic imine (C=N–C) groups is 1. The van der Waals surface area contributed by atoms with Gasteiger partial charge in [-0.3, -0.25) is 30.3 Å². The fourth-order valence-electron chi connectivity index (χ4n) is 1.86. The van der Waals surface area contributed by atoms with Crippen molar-refractivity contribution in [2.24, 2.45) is 10.7 Å². The fraction of sp³-hybridized carbons (Fsp3) is 0.556. The van der Waals surface area contributed by atoms with E-state index in [0.29, 0.717) is 0 Å². The number of hydrogen-bond donors (Lipinski definition) is 4. The van der Waals surface area contributed by atoms with Crippen molar-refractivity contribution in [1.29, 1.82) is 0 Å². The van der Waals surface area contributed by atoms with Crippen LogP contribution in [0.4, 0.5) is 0 Å². The number of carbonyl (C=O) groups excluding carboxylic acids is 3. The molecule has 2 aliphatic rings. The van der Waals surface area contributed by atoms with Gasteiger partial charge in [0.05, 0.1) is 6.04 Å². The first-order valence-corrected chi connectivity index (χ1v) is 5.17.